The Morgan fingerprint density at radius 2 is 2.00 bits per heavy atom. The molecule has 2 aromatic rings. The second-order valence-corrected chi connectivity index (χ2v) is 5.96. The van der Waals surface area contributed by atoms with Crippen LogP contribution in [0, 0.1) is 13.8 Å². The van der Waals surface area contributed by atoms with Crippen molar-refractivity contribution in [1.82, 2.24) is 20.3 Å². The molecule has 0 aliphatic carbocycles. The van der Waals surface area contributed by atoms with Crippen molar-refractivity contribution in [2.24, 2.45) is 0 Å². The van der Waals surface area contributed by atoms with E-state index in [1.807, 2.05) is 6.92 Å². The van der Waals surface area contributed by atoms with Crippen LogP contribution in [0.5, 0.6) is 0 Å². The van der Waals surface area contributed by atoms with E-state index in [2.05, 4.69) is 20.3 Å². The van der Waals surface area contributed by atoms with Gasteiger partial charge < -0.3 is 5.32 Å². The lowest BCUT2D eigenvalue weighted by Gasteiger charge is -2.12. The monoisotopic (exact) mass is 330 g/mol. The van der Waals surface area contributed by atoms with Gasteiger partial charge >= 0.3 is 6.18 Å². The molecule has 1 amide bonds. The van der Waals surface area contributed by atoms with Crippen LogP contribution in [0.3, 0.4) is 0 Å². The Bertz CT molecular complexity index is 699. The van der Waals surface area contributed by atoms with E-state index in [0.29, 0.717) is 0 Å². The number of aryl methyl sites for hydroxylation is 2. The first kappa shape index (κ1) is 16.3. The van der Waals surface area contributed by atoms with Crippen LogP contribution in [0.25, 0.3) is 0 Å². The highest BCUT2D eigenvalue weighted by molar-refractivity contribution is 7.11. The molecule has 0 aliphatic rings. The van der Waals surface area contributed by atoms with E-state index in [1.54, 1.807) is 13.1 Å². The van der Waals surface area contributed by atoms with Crippen molar-refractivity contribution in [3.05, 3.63) is 39.4 Å². The van der Waals surface area contributed by atoms with Gasteiger partial charge in [0.1, 0.15) is 5.69 Å². The highest BCUT2D eigenvalue weighted by atomic mass is 32.1. The number of rotatable bonds is 3. The minimum absolute atomic E-state index is 0.0776. The van der Waals surface area contributed by atoms with Gasteiger partial charge in [-0.05, 0) is 26.8 Å². The van der Waals surface area contributed by atoms with Crippen molar-refractivity contribution in [1.29, 1.82) is 0 Å². The second-order valence-electron chi connectivity index (χ2n) is 4.69. The van der Waals surface area contributed by atoms with Crippen molar-refractivity contribution in [3.8, 4) is 0 Å². The Hall–Kier alpha value is -2.03. The summed E-state index contributed by atoms with van der Waals surface area (Å²) in [6, 6.07) is 0.407. The average molecular weight is 330 g/mol. The number of thiazole rings is 1. The van der Waals surface area contributed by atoms with Gasteiger partial charge in [-0.2, -0.15) is 13.2 Å². The fourth-order valence-electron chi connectivity index (χ4n) is 1.73. The van der Waals surface area contributed by atoms with Crippen LogP contribution in [0.4, 0.5) is 13.2 Å². The molecule has 1 atom stereocenters. The molecule has 2 aromatic heterocycles. The summed E-state index contributed by atoms with van der Waals surface area (Å²) >= 11 is 1.40. The van der Waals surface area contributed by atoms with E-state index in [-0.39, 0.29) is 5.69 Å². The van der Waals surface area contributed by atoms with Crippen LogP contribution >= 0.6 is 11.3 Å². The number of amides is 1. The number of aromatic nitrogens is 3. The number of nitrogens with zero attached hydrogens (tertiary/aromatic N) is 3. The number of nitrogens with one attached hydrogen (secondary N) is 1. The SMILES string of the molecule is Cc1cc(C(F)(F)F)nc(C(=O)NC(C)c2cnc(C)s2)n1. The zero-order valence-electron chi connectivity index (χ0n) is 12.0. The third-order valence-corrected chi connectivity index (χ3v) is 3.86. The molecule has 2 rings (SSSR count). The van der Waals surface area contributed by atoms with Gasteiger partial charge in [0.2, 0.25) is 5.82 Å². The van der Waals surface area contributed by atoms with Gasteiger partial charge in [-0.25, -0.2) is 15.0 Å². The molecule has 2 heterocycles. The molecule has 1 N–H and O–H groups in total. The fourth-order valence-corrected chi connectivity index (χ4v) is 2.51. The van der Waals surface area contributed by atoms with Crippen LogP contribution < -0.4 is 5.32 Å². The van der Waals surface area contributed by atoms with E-state index in [4.69, 9.17) is 0 Å². The number of hydrogen-bond donors (Lipinski definition) is 1. The van der Waals surface area contributed by atoms with Crippen molar-refractivity contribution in [3.63, 3.8) is 0 Å². The van der Waals surface area contributed by atoms with Crippen molar-refractivity contribution in [2.45, 2.75) is 33.0 Å². The van der Waals surface area contributed by atoms with Crippen LogP contribution in [0.2, 0.25) is 0 Å². The lowest BCUT2D eigenvalue weighted by molar-refractivity contribution is -0.141. The molecule has 0 saturated heterocycles. The Kier molecular flexibility index (Phi) is 4.45. The molecule has 0 radical (unpaired) electrons. The summed E-state index contributed by atoms with van der Waals surface area (Å²) in [6.07, 6.45) is -3.01. The van der Waals surface area contributed by atoms with Crippen molar-refractivity contribution < 1.29 is 18.0 Å². The van der Waals surface area contributed by atoms with Crippen LogP contribution in [0.1, 0.15) is 44.9 Å². The minimum Gasteiger partial charge on any atom is -0.342 e. The van der Waals surface area contributed by atoms with Gasteiger partial charge in [-0.15, -0.1) is 11.3 Å². The van der Waals surface area contributed by atoms with E-state index in [1.165, 1.54) is 18.3 Å². The minimum atomic E-state index is -4.62. The molecule has 0 aliphatic heterocycles. The summed E-state index contributed by atoms with van der Waals surface area (Å²) in [6.45, 7) is 4.91. The second kappa shape index (κ2) is 5.99. The maximum Gasteiger partial charge on any atom is 0.433 e. The number of hydrogen-bond acceptors (Lipinski definition) is 5. The quantitative estimate of drug-likeness (QED) is 0.939. The highest BCUT2D eigenvalue weighted by Gasteiger charge is 2.34. The molecule has 9 heteroatoms. The Labute approximate surface area is 128 Å². The first-order valence-corrected chi connectivity index (χ1v) is 7.14. The predicted octanol–water partition coefficient (Wildman–Crippen LogP) is 3.06. The summed E-state index contributed by atoms with van der Waals surface area (Å²) < 4.78 is 38.1. The predicted molar refractivity (Wildman–Crippen MR) is 74.5 cm³/mol. The molecule has 0 saturated carbocycles. The summed E-state index contributed by atoms with van der Waals surface area (Å²) in [4.78, 5) is 24.0. The zero-order chi connectivity index (χ0) is 16.5. The first-order chi connectivity index (χ1) is 10.2. The average Bonchev–Trinajstić information content (AvgIpc) is 2.83. The van der Waals surface area contributed by atoms with Crippen LogP contribution in [-0.2, 0) is 6.18 Å². The molecule has 5 nitrogen and oxygen atoms in total. The molecule has 0 spiro atoms. The van der Waals surface area contributed by atoms with Gasteiger partial charge in [0, 0.05) is 16.8 Å². The van der Waals surface area contributed by atoms with Gasteiger partial charge in [0.15, 0.2) is 0 Å². The highest BCUT2D eigenvalue weighted by Crippen LogP contribution is 2.28. The third kappa shape index (κ3) is 3.79. The Morgan fingerprint density at radius 3 is 2.55 bits per heavy atom. The van der Waals surface area contributed by atoms with Gasteiger partial charge in [-0.1, -0.05) is 0 Å². The number of carbonyl (C=O) groups is 1. The molecule has 0 aromatic carbocycles. The lowest BCUT2D eigenvalue weighted by atomic mass is 10.3. The standard InChI is InChI=1S/C13H13F3N4OS/c1-6-4-10(13(14,15)16)20-11(18-6)12(21)19-7(2)9-5-17-8(3)22-9/h4-5,7H,1-3H3,(H,19,21). The van der Waals surface area contributed by atoms with E-state index in [0.717, 1.165) is 16.0 Å². The normalized spacial score (nSPS) is 13.0. The van der Waals surface area contributed by atoms with Crippen LogP contribution in [0.15, 0.2) is 12.3 Å². The molecular weight excluding hydrogens is 317 g/mol. The molecule has 0 fully saturated rings. The summed E-state index contributed by atoms with van der Waals surface area (Å²) in [5, 5.41) is 3.41. The lowest BCUT2D eigenvalue weighted by Crippen LogP contribution is -2.29. The summed E-state index contributed by atoms with van der Waals surface area (Å²) in [7, 11) is 0. The molecule has 22 heavy (non-hydrogen) atoms. The third-order valence-electron chi connectivity index (χ3n) is 2.76. The Balaban J connectivity index is 2.21. The van der Waals surface area contributed by atoms with Gasteiger partial charge in [-0.3, -0.25) is 4.79 Å². The van der Waals surface area contributed by atoms with E-state index in [9.17, 15) is 18.0 Å². The van der Waals surface area contributed by atoms with Crippen molar-refractivity contribution >= 4 is 17.2 Å². The summed E-state index contributed by atoms with van der Waals surface area (Å²) in [5.74, 6) is -1.26. The smallest absolute Gasteiger partial charge is 0.342 e. The summed E-state index contributed by atoms with van der Waals surface area (Å²) in [5.41, 5.74) is -1.06. The Morgan fingerprint density at radius 1 is 1.32 bits per heavy atom. The number of alkyl halides is 3. The van der Waals surface area contributed by atoms with Gasteiger partial charge in [0.05, 0.1) is 11.0 Å². The van der Waals surface area contributed by atoms with E-state index < -0.39 is 29.6 Å². The largest absolute Gasteiger partial charge is 0.433 e. The molecule has 0 bridgehead atoms. The van der Waals surface area contributed by atoms with Crippen LogP contribution in [-0.4, -0.2) is 20.9 Å². The first-order valence-electron chi connectivity index (χ1n) is 6.33. The maximum atomic E-state index is 12.7. The number of carbonyl (C=O) groups excluding carboxylic acids is 1. The van der Waals surface area contributed by atoms with Gasteiger partial charge in [0.25, 0.3) is 5.91 Å². The molecule has 118 valence electrons. The van der Waals surface area contributed by atoms with Crippen molar-refractivity contribution in [2.75, 3.05) is 0 Å². The van der Waals surface area contributed by atoms with E-state index >= 15 is 0 Å². The number of halogens is 3. The maximum absolute atomic E-state index is 12.7. The molecular formula is C13H13F3N4OS. The molecule has 1 unspecified atom stereocenters. The zero-order valence-corrected chi connectivity index (χ0v) is 12.8. The fraction of sp³-hybridized carbons (Fsp3) is 0.385. The topological polar surface area (TPSA) is 67.8 Å².